The SMILES string of the molecule is C/C=C/c1ccc([C@H]2[C@@H](CO)N(C(=O)C3CC3)[C@@H]2CNC(=O)CN(C)C)cc1. The van der Waals surface area contributed by atoms with Gasteiger partial charge < -0.3 is 20.2 Å². The van der Waals surface area contributed by atoms with E-state index in [1.165, 1.54) is 0 Å². The fourth-order valence-corrected chi connectivity index (χ4v) is 4.07. The second-order valence-electron chi connectivity index (χ2n) is 8.07. The average molecular weight is 386 g/mol. The zero-order valence-corrected chi connectivity index (χ0v) is 17.0. The van der Waals surface area contributed by atoms with E-state index >= 15 is 0 Å². The Kier molecular flexibility index (Phi) is 6.52. The number of aliphatic hydroxyl groups is 1. The number of carbonyl (C=O) groups is 2. The van der Waals surface area contributed by atoms with E-state index in [1.54, 1.807) is 0 Å². The van der Waals surface area contributed by atoms with Gasteiger partial charge in [0, 0.05) is 18.4 Å². The number of hydrogen-bond donors (Lipinski definition) is 2. The molecule has 1 heterocycles. The molecule has 3 rings (SSSR count). The number of allylic oxidation sites excluding steroid dienone is 1. The molecule has 2 fully saturated rings. The van der Waals surface area contributed by atoms with Crippen LogP contribution in [0.2, 0.25) is 0 Å². The molecule has 1 aromatic rings. The summed E-state index contributed by atoms with van der Waals surface area (Å²) in [4.78, 5) is 28.5. The van der Waals surface area contributed by atoms with Crippen molar-refractivity contribution in [2.45, 2.75) is 37.8 Å². The maximum absolute atomic E-state index is 12.8. The molecule has 1 aromatic carbocycles. The van der Waals surface area contributed by atoms with Crippen LogP contribution in [0.5, 0.6) is 0 Å². The van der Waals surface area contributed by atoms with Crippen LogP contribution in [0.3, 0.4) is 0 Å². The van der Waals surface area contributed by atoms with E-state index in [0.29, 0.717) is 13.1 Å². The molecule has 2 aliphatic rings. The highest BCUT2D eigenvalue weighted by atomic mass is 16.3. The summed E-state index contributed by atoms with van der Waals surface area (Å²) in [5.74, 6) is 0.171. The first-order valence-corrected chi connectivity index (χ1v) is 10.0. The van der Waals surface area contributed by atoms with E-state index < -0.39 is 0 Å². The molecule has 0 radical (unpaired) electrons. The summed E-state index contributed by atoms with van der Waals surface area (Å²) in [5, 5.41) is 13.0. The standard InChI is InChI=1S/C22H31N3O3/c1-4-5-15-6-8-16(9-7-15)21-18(12-23-20(27)13-24(2)3)25(19(21)14-26)22(28)17-10-11-17/h4-9,17-19,21,26H,10-14H2,1-3H3,(H,23,27)/b5-4+/t18-,19-,21-/m1/s1. The van der Waals surface area contributed by atoms with Crippen molar-refractivity contribution in [2.24, 2.45) is 5.92 Å². The van der Waals surface area contributed by atoms with Gasteiger partial charge in [-0.15, -0.1) is 0 Å². The van der Waals surface area contributed by atoms with Crippen LogP contribution in [0.15, 0.2) is 30.3 Å². The van der Waals surface area contributed by atoms with Gasteiger partial charge in [-0.05, 0) is 45.0 Å². The Morgan fingerprint density at radius 2 is 1.89 bits per heavy atom. The van der Waals surface area contributed by atoms with Crippen molar-refractivity contribution in [3.63, 3.8) is 0 Å². The van der Waals surface area contributed by atoms with Gasteiger partial charge in [0.15, 0.2) is 0 Å². The Bertz CT molecular complexity index is 725. The van der Waals surface area contributed by atoms with E-state index in [0.717, 1.165) is 24.0 Å². The highest BCUT2D eigenvalue weighted by molar-refractivity contribution is 5.83. The van der Waals surface area contributed by atoms with E-state index in [9.17, 15) is 14.7 Å². The van der Waals surface area contributed by atoms with Crippen molar-refractivity contribution in [1.82, 2.24) is 15.1 Å². The molecule has 1 aliphatic heterocycles. The van der Waals surface area contributed by atoms with Gasteiger partial charge in [-0.2, -0.15) is 0 Å². The van der Waals surface area contributed by atoms with Gasteiger partial charge in [-0.3, -0.25) is 9.59 Å². The van der Waals surface area contributed by atoms with Gasteiger partial charge in [0.2, 0.25) is 11.8 Å². The van der Waals surface area contributed by atoms with Crippen molar-refractivity contribution >= 4 is 17.9 Å². The summed E-state index contributed by atoms with van der Waals surface area (Å²) in [6.45, 7) is 2.63. The maximum atomic E-state index is 12.8. The van der Waals surface area contributed by atoms with Crippen molar-refractivity contribution in [3.05, 3.63) is 41.5 Å². The lowest BCUT2D eigenvalue weighted by Gasteiger charge is -2.55. The minimum atomic E-state index is -0.226. The number of aliphatic hydroxyl groups excluding tert-OH is 1. The van der Waals surface area contributed by atoms with Gasteiger partial charge in [0.25, 0.3) is 0 Å². The van der Waals surface area contributed by atoms with Crippen LogP contribution in [-0.2, 0) is 9.59 Å². The molecule has 2 amide bonds. The van der Waals surface area contributed by atoms with E-state index in [4.69, 9.17) is 0 Å². The minimum absolute atomic E-state index is 0.0204. The number of benzene rings is 1. The summed E-state index contributed by atoms with van der Waals surface area (Å²) >= 11 is 0. The zero-order chi connectivity index (χ0) is 20.3. The fourth-order valence-electron chi connectivity index (χ4n) is 4.07. The van der Waals surface area contributed by atoms with Gasteiger partial charge in [-0.1, -0.05) is 36.4 Å². The van der Waals surface area contributed by atoms with Crippen LogP contribution in [0.25, 0.3) is 6.08 Å². The summed E-state index contributed by atoms with van der Waals surface area (Å²) < 4.78 is 0. The van der Waals surface area contributed by atoms with Gasteiger partial charge >= 0.3 is 0 Å². The Morgan fingerprint density at radius 1 is 1.21 bits per heavy atom. The zero-order valence-electron chi connectivity index (χ0n) is 17.0. The fraction of sp³-hybridized carbons (Fsp3) is 0.545. The summed E-state index contributed by atoms with van der Waals surface area (Å²) in [6, 6.07) is 7.89. The first-order valence-electron chi connectivity index (χ1n) is 10.0. The smallest absolute Gasteiger partial charge is 0.234 e. The van der Waals surface area contributed by atoms with Crippen LogP contribution in [-0.4, -0.2) is 72.6 Å². The van der Waals surface area contributed by atoms with Gasteiger partial charge in [0.1, 0.15) is 0 Å². The molecule has 1 aliphatic carbocycles. The number of likely N-dealkylation sites (N-methyl/N-ethyl adjacent to an activating group) is 1. The quantitative estimate of drug-likeness (QED) is 0.711. The molecule has 0 spiro atoms. The predicted octanol–water partition coefficient (Wildman–Crippen LogP) is 1.46. The monoisotopic (exact) mass is 385 g/mol. The molecule has 1 saturated carbocycles. The molecule has 152 valence electrons. The molecular formula is C22H31N3O3. The molecule has 3 atom stereocenters. The van der Waals surface area contributed by atoms with Crippen LogP contribution in [0.1, 0.15) is 36.8 Å². The third-order valence-electron chi connectivity index (χ3n) is 5.56. The maximum Gasteiger partial charge on any atom is 0.234 e. The van der Waals surface area contributed by atoms with Crippen molar-refractivity contribution in [3.8, 4) is 0 Å². The summed E-state index contributed by atoms with van der Waals surface area (Å²) in [5.41, 5.74) is 2.21. The molecule has 0 aromatic heterocycles. The Morgan fingerprint density at radius 3 is 2.43 bits per heavy atom. The molecule has 1 saturated heterocycles. The highest BCUT2D eigenvalue weighted by Gasteiger charge is 2.53. The predicted molar refractivity (Wildman–Crippen MR) is 110 cm³/mol. The van der Waals surface area contributed by atoms with E-state index in [1.807, 2.05) is 43.0 Å². The molecule has 0 unspecified atom stereocenters. The first-order chi connectivity index (χ1) is 13.5. The van der Waals surface area contributed by atoms with E-state index in [2.05, 4.69) is 29.6 Å². The van der Waals surface area contributed by atoms with E-state index in [-0.39, 0.29) is 42.3 Å². The normalized spacial score (nSPS) is 24.5. The van der Waals surface area contributed by atoms with Gasteiger partial charge in [0.05, 0.1) is 25.2 Å². The molecule has 2 N–H and O–H groups in total. The lowest BCUT2D eigenvalue weighted by Crippen LogP contribution is -2.69. The highest BCUT2D eigenvalue weighted by Crippen LogP contribution is 2.44. The number of rotatable bonds is 8. The molecule has 6 heteroatoms. The number of nitrogens with one attached hydrogen (secondary N) is 1. The number of carbonyl (C=O) groups excluding carboxylic acids is 2. The number of nitrogens with zero attached hydrogens (tertiary/aromatic N) is 2. The third-order valence-corrected chi connectivity index (χ3v) is 5.56. The van der Waals surface area contributed by atoms with Crippen LogP contribution >= 0.6 is 0 Å². The molecule has 28 heavy (non-hydrogen) atoms. The van der Waals surface area contributed by atoms with Crippen molar-refractivity contribution in [2.75, 3.05) is 33.8 Å². The Balaban J connectivity index is 1.78. The lowest BCUT2D eigenvalue weighted by atomic mass is 9.74. The topological polar surface area (TPSA) is 72.9 Å². The lowest BCUT2D eigenvalue weighted by molar-refractivity contribution is -0.152. The first kappa shape index (κ1) is 20.6. The van der Waals surface area contributed by atoms with Crippen molar-refractivity contribution in [1.29, 1.82) is 0 Å². The largest absolute Gasteiger partial charge is 0.394 e. The van der Waals surface area contributed by atoms with Crippen LogP contribution < -0.4 is 5.32 Å². The second kappa shape index (κ2) is 8.88. The minimum Gasteiger partial charge on any atom is -0.394 e. The number of likely N-dealkylation sites (tertiary alicyclic amines) is 1. The Hall–Kier alpha value is -2.18. The number of amides is 2. The Labute approximate surface area is 167 Å². The third kappa shape index (κ3) is 4.45. The summed E-state index contributed by atoms with van der Waals surface area (Å²) in [6.07, 6.45) is 5.88. The van der Waals surface area contributed by atoms with Crippen LogP contribution in [0.4, 0.5) is 0 Å². The molecule has 0 bridgehead atoms. The van der Waals surface area contributed by atoms with Crippen LogP contribution in [0, 0.1) is 5.92 Å². The number of hydrogen-bond acceptors (Lipinski definition) is 4. The second-order valence-corrected chi connectivity index (χ2v) is 8.07. The van der Waals surface area contributed by atoms with Gasteiger partial charge in [-0.25, -0.2) is 0 Å². The summed E-state index contributed by atoms with van der Waals surface area (Å²) in [7, 11) is 3.70. The molecule has 6 nitrogen and oxygen atoms in total. The average Bonchev–Trinajstić information content (AvgIpc) is 3.47. The van der Waals surface area contributed by atoms with Crippen molar-refractivity contribution < 1.29 is 14.7 Å². The molecular weight excluding hydrogens is 354 g/mol.